The van der Waals surface area contributed by atoms with E-state index in [1.807, 2.05) is 0 Å². The van der Waals surface area contributed by atoms with Gasteiger partial charge in [0.25, 0.3) is 0 Å². The molecule has 1 N–H and O–H groups in total. The molecule has 82 valence electrons. The number of nitrogens with one attached hydrogen (secondary N) is 1. The molecule has 0 atom stereocenters. The number of aryl methyl sites for hydroxylation is 2. The van der Waals surface area contributed by atoms with Crippen LogP contribution in [0.15, 0.2) is 16.9 Å². The van der Waals surface area contributed by atoms with Crippen molar-refractivity contribution in [3.8, 4) is 6.07 Å². The van der Waals surface area contributed by atoms with Gasteiger partial charge in [-0.2, -0.15) is 10.4 Å². The third-order valence-electron chi connectivity index (χ3n) is 2.26. The van der Waals surface area contributed by atoms with E-state index in [1.54, 1.807) is 24.7 Å². The Bertz CT molecular complexity index is 520. The molecule has 0 bridgehead atoms. The van der Waals surface area contributed by atoms with Gasteiger partial charge >= 0.3 is 0 Å². The van der Waals surface area contributed by atoms with Crippen molar-refractivity contribution in [1.82, 2.24) is 14.9 Å². The maximum atomic E-state index is 8.99. The van der Waals surface area contributed by atoms with Crippen LogP contribution in [0.4, 0.5) is 5.82 Å². The van der Waals surface area contributed by atoms with Gasteiger partial charge in [-0.05, 0) is 6.92 Å². The molecular formula is C10H11N5O. The number of nitrogens with zero attached hydrogens (tertiary/aromatic N) is 4. The Hall–Kier alpha value is -2.29. The van der Waals surface area contributed by atoms with E-state index in [2.05, 4.69) is 21.6 Å². The van der Waals surface area contributed by atoms with E-state index in [4.69, 9.17) is 9.78 Å². The van der Waals surface area contributed by atoms with Crippen LogP contribution < -0.4 is 5.32 Å². The molecule has 2 rings (SSSR count). The number of rotatable bonds is 3. The van der Waals surface area contributed by atoms with E-state index in [9.17, 15) is 0 Å². The Kier molecular flexibility index (Phi) is 2.60. The molecule has 0 amide bonds. The van der Waals surface area contributed by atoms with Crippen LogP contribution in [-0.4, -0.2) is 14.9 Å². The first-order chi connectivity index (χ1) is 7.72. The Morgan fingerprint density at radius 3 is 3.06 bits per heavy atom. The molecule has 0 spiro atoms. The van der Waals surface area contributed by atoms with Crippen LogP contribution in [0, 0.1) is 18.3 Å². The second kappa shape index (κ2) is 4.06. The van der Waals surface area contributed by atoms with Gasteiger partial charge in [0.15, 0.2) is 0 Å². The zero-order valence-electron chi connectivity index (χ0n) is 9.06. The largest absolute Gasteiger partial charge is 0.364 e. The van der Waals surface area contributed by atoms with Gasteiger partial charge in [-0.1, -0.05) is 5.16 Å². The van der Waals surface area contributed by atoms with Gasteiger partial charge in [-0.15, -0.1) is 0 Å². The van der Waals surface area contributed by atoms with Crippen LogP contribution in [0.2, 0.25) is 0 Å². The van der Waals surface area contributed by atoms with Crippen molar-refractivity contribution in [3.05, 3.63) is 29.3 Å². The predicted octanol–water partition coefficient (Wildman–Crippen LogP) is 1.20. The molecule has 0 saturated carbocycles. The fourth-order valence-electron chi connectivity index (χ4n) is 1.50. The van der Waals surface area contributed by atoms with E-state index < -0.39 is 0 Å². The molecule has 0 aliphatic rings. The topological polar surface area (TPSA) is 79.7 Å². The summed E-state index contributed by atoms with van der Waals surface area (Å²) in [6, 6.07) is 3.89. The van der Waals surface area contributed by atoms with Gasteiger partial charge in [0, 0.05) is 13.1 Å². The summed E-state index contributed by atoms with van der Waals surface area (Å²) < 4.78 is 6.36. The highest BCUT2D eigenvalue weighted by Gasteiger charge is 2.12. The fraction of sp³-hybridized carbons (Fsp3) is 0.300. The Morgan fingerprint density at radius 1 is 1.62 bits per heavy atom. The summed E-state index contributed by atoms with van der Waals surface area (Å²) in [5, 5.41) is 20.0. The summed E-state index contributed by atoms with van der Waals surface area (Å²) in [6.07, 6.45) is 1.51. The lowest BCUT2D eigenvalue weighted by Gasteiger charge is -2.04. The summed E-state index contributed by atoms with van der Waals surface area (Å²) in [7, 11) is 1.79. The highest BCUT2D eigenvalue weighted by atomic mass is 16.5. The van der Waals surface area contributed by atoms with E-state index in [0.717, 1.165) is 5.69 Å². The van der Waals surface area contributed by atoms with E-state index >= 15 is 0 Å². The van der Waals surface area contributed by atoms with Crippen molar-refractivity contribution >= 4 is 5.82 Å². The third kappa shape index (κ3) is 1.75. The van der Waals surface area contributed by atoms with Crippen molar-refractivity contribution in [3.63, 3.8) is 0 Å². The number of anilines is 1. The van der Waals surface area contributed by atoms with Crippen LogP contribution in [0.1, 0.15) is 17.0 Å². The molecule has 0 saturated heterocycles. The second-order valence-electron chi connectivity index (χ2n) is 3.39. The van der Waals surface area contributed by atoms with Crippen molar-refractivity contribution in [2.24, 2.45) is 7.05 Å². The average molecular weight is 217 g/mol. The Morgan fingerprint density at radius 2 is 2.44 bits per heavy atom. The third-order valence-corrected chi connectivity index (χ3v) is 2.26. The van der Waals surface area contributed by atoms with Crippen molar-refractivity contribution in [2.45, 2.75) is 13.5 Å². The standard InChI is InChI=1S/C10H11N5O/c1-7-9(5-11)10(15(2)13-7)12-6-8-3-4-16-14-8/h3-4,12H,6H2,1-2H3. The highest BCUT2D eigenvalue weighted by molar-refractivity contribution is 5.54. The molecular weight excluding hydrogens is 206 g/mol. The lowest BCUT2D eigenvalue weighted by atomic mass is 10.2. The van der Waals surface area contributed by atoms with Crippen molar-refractivity contribution in [1.29, 1.82) is 5.26 Å². The average Bonchev–Trinajstić information content (AvgIpc) is 2.83. The predicted molar refractivity (Wildman–Crippen MR) is 56.5 cm³/mol. The summed E-state index contributed by atoms with van der Waals surface area (Å²) in [5.74, 6) is 0.697. The monoisotopic (exact) mass is 217 g/mol. The fourth-order valence-corrected chi connectivity index (χ4v) is 1.50. The quantitative estimate of drug-likeness (QED) is 0.835. The first-order valence-corrected chi connectivity index (χ1v) is 4.79. The molecule has 6 heteroatoms. The first kappa shape index (κ1) is 10.2. The molecule has 0 fully saturated rings. The van der Waals surface area contributed by atoms with E-state index in [1.165, 1.54) is 6.26 Å². The number of aromatic nitrogens is 3. The summed E-state index contributed by atoms with van der Waals surface area (Å²) in [5.41, 5.74) is 2.06. The van der Waals surface area contributed by atoms with Crippen molar-refractivity contribution in [2.75, 3.05) is 5.32 Å². The minimum atomic E-state index is 0.504. The summed E-state index contributed by atoms with van der Waals surface area (Å²) in [4.78, 5) is 0. The molecule has 2 aromatic heterocycles. The maximum absolute atomic E-state index is 8.99. The van der Waals surface area contributed by atoms with Gasteiger partial charge in [-0.3, -0.25) is 4.68 Å². The molecule has 0 radical (unpaired) electrons. The lowest BCUT2D eigenvalue weighted by Crippen LogP contribution is -2.05. The van der Waals surface area contributed by atoms with Gasteiger partial charge < -0.3 is 9.84 Å². The van der Waals surface area contributed by atoms with Crippen LogP contribution >= 0.6 is 0 Å². The summed E-state index contributed by atoms with van der Waals surface area (Å²) >= 11 is 0. The molecule has 0 aromatic carbocycles. The zero-order valence-corrected chi connectivity index (χ0v) is 9.06. The highest BCUT2D eigenvalue weighted by Crippen LogP contribution is 2.17. The SMILES string of the molecule is Cc1nn(C)c(NCc2ccon2)c1C#N. The van der Waals surface area contributed by atoms with Crippen LogP contribution in [0.5, 0.6) is 0 Å². The number of nitriles is 1. The lowest BCUT2D eigenvalue weighted by molar-refractivity contribution is 0.412. The van der Waals surface area contributed by atoms with E-state index in [-0.39, 0.29) is 0 Å². The van der Waals surface area contributed by atoms with E-state index in [0.29, 0.717) is 23.6 Å². The second-order valence-corrected chi connectivity index (χ2v) is 3.39. The first-order valence-electron chi connectivity index (χ1n) is 4.79. The Labute approximate surface area is 92.5 Å². The number of hydrogen-bond acceptors (Lipinski definition) is 5. The van der Waals surface area contributed by atoms with Gasteiger partial charge in [0.1, 0.15) is 29.4 Å². The zero-order chi connectivity index (χ0) is 11.5. The Balaban J connectivity index is 2.19. The molecule has 2 aromatic rings. The minimum Gasteiger partial charge on any atom is -0.364 e. The minimum absolute atomic E-state index is 0.504. The summed E-state index contributed by atoms with van der Waals surface area (Å²) in [6.45, 7) is 2.31. The molecule has 0 unspecified atom stereocenters. The van der Waals surface area contributed by atoms with Gasteiger partial charge in [0.05, 0.1) is 12.2 Å². The molecule has 0 aliphatic carbocycles. The van der Waals surface area contributed by atoms with Crippen molar-refractivity contribution < 1.29 is 4.52 Å². The van der Waals surface area contributed by atoms with Crippen LogP contribution in [-0.2, 0) is 13.6 Å². The number of hydrogen-bond donors (Lipinski definition) is 1. The molecule has 0 aliphatic heterocycles. The molecule has 2 heterocycles. The van der Waals surface area contributed by atoms with Crippen LogP contribution in [0.25, 0.3) is 0 Å². The van der Waals surface area contributed by atoms with Crippen LogP contribution in [0.3, 0.4) is 0 Å². The molecule has 6 nitrogen and oxygen atoms in total. The van der Waals surface area contributed by atoms with Gasteiger partial charge in [0.2, 0.25) is 0 Å². The smallest absolute Gasteiger partial charge is 0.142 e. The normalized spacial score (nSPS) is 10.1. The molecule has 16 heavy (non-hydrogen) atoms. The van der Waals surface area contributed by atoms with Gasteiger partial charge in [-0.25, -0.2) is 0 Å². The maximum Gasteiger partial charge on any atom is 0.142 e.